The molecule has 5 nitrogen and oxygen atoms in total. The van der Waals surface area contributed by atoms with Crippen LogP contribution in [-0.2, 0) is 24.1 Å². The summed E-state index contributed by atoms with van der Waals surface area (Å²) in [5.41, 5.74) is 5.90. The molecule has 0 radical (unpaired) electrons. The number of anilines is 1. The molecule has 5 rings (SSSR count). The highest BCUT2D eigenvalue weighted by Gasteiger charge is 2.26. The average molecular weight is 442 g/mol. The Morgan fingerprint density at radius 1 is 1.09 bits per heavy atom. The quantitative estimate of drug-likeness (QED) is 0.419. The number of fused-ring (bicyclic) bond motifs is 1. The Kier molecular flexibility index (Phi) is 5.69. The Labute approximate surface area is 190 Å². The van der Waals surface area contributed by atoms with Crippen molar-refractivity contribution < 1.29 is 9.59 Å². The number of rotatable bonds is 6. The topological polar surface area (TPSA) is 74.8 Å². The summed E-state index contributed by atoms with van der Waals surface area (Å²) >= 11 is 1.56. The van der Waals surface area contributed by atoms with Crippen molar-refractivity contribution in [3.63, 3.8) is 0 Å². The molecule has 3 aromatic heterocycles. The van der Waals surface area contributed by atoms with Gasteiger partial charge in [-0.05, 0) is 47.5 Å². The number of aromatic nitrogens is 2. The Balaban J connectivity index is 1.48. The first kappa shape index (κ1) is 20.4. The number of aromatic amines is 1. The first-order valence-corrected chi connectivity index (χ1v) is 11.6. The number of hydrogen-bond acceptors (Lipinski definition) is 4. The fraction of sp³-hybridized carbons (Fsp3) is 0.192. The van der Waals surface area contributed by atoms with Crippen molar-refractivity contribution >= 4 is 28.8 Å². The number of nitrogens with one attached hydrogen (secondary N) is 2. The summed E-state index contributed by atoms with van der Waals surface area (Å²) in [5, 5.41) is 4.87. The maximum atomic E-state index is 12.8. The van der Waals surface area contributed by atoms with Gasteiger partial charge in [0, 0.05) is 40.7 Å². The summed E-state index contributed by atoms with van der Waals surface area (Å²) in [6, 6.07) is 17.9. The number of Topliss-reactive ketones (excluding diaryl/α,β-unsaturated/α-hetero) is 1. The maximum absolute atomic E-state index is 12.8. The van der Waals surface area contributed by atoms with E-state index >= 15 is 0 Å². The highest BCUT2D eigenvalue weighted by atomic mass is 32.1. The number of hydrogen-bond donors (Lipinski definition) is 2. The molecule has 0 saturated heterocycles. The third kappa shape index (κ3) is 4.27. The summed E-state index contributed by atoms with van der Waals surface area (Å²) in [6.45, 7) is 0. The molecule has 0 aliphatic heterocycles. The first-order chi connectivity index (χ1) is 15.7. The molecule has 160 valence electrons. The molecular weight excluding hydrogens is 418 g/mol. The van der Waals surface area contributed by atoms with Crippen LogP contribution in [0.1, 0.15) is 44.9 Å². The Hall–Kier alpha value is -3.51. The van der Waals surface area contributed by atoms with E-state index in [1.807, 2.05) is 47.8 Å². The van der Waals surface area contributed by atoms with Crippen molar-refractivity contribution in [1.29, 1.82) is 0 Å². The number of carbonyl (C=O) groups excluding carboxylic acids is 2. The van der Waals surface area contributed by atoms with Crippen molar-refractivity contribution in [2.24, 2.45) is 0 Å². The van der Waals surface area contributed by atoms with Gasteiger partial charge in [-0.3, -0.25) is 9.59 Å². The van der Waals surface area contributed by atoms with Crippen molar-refractivity contribution in [2.75, 3.05) is 5.32 Å². The summed E-state index contributed by atoms with van der Waals surface area (Å²) < 4.78 is 0. The second kappa shape index (κ2) is 8.93. The second-order valence-electron chi connectivity index (χ2n) is 8.01. The number of thiophene rings is 1. The van der Waals surface area contributed by atoms with Gasteiger partial charge in [0.25, 0.3) is 0 Å². The molecule has 1 aliphatic rings. The Morgan fingerprint density at radius 3 is 2.78 bits per heavy atom. The van der Waals surface area contributed by atoms with E-state index in [1.165, 1.54) is 0 Å². The van der Waals surface area contributed by atoms with Crippen LogP contribution in [0.3, 0.4) is 0 Å². The van der Waals surface area contributed by atoms with Gasteiger partial charge >= 0.3 is 0 Å². The van der Waals surface area contributed by atoms with Gasteiger partial charge in [0.1, 0.15) is 5.82 Å². The minimum absolute atomic E-state index is 0.0948. The molecular formula is C26H23N3O2S. The van der Waals surface area contributed by atoms with E-state index in [4.69, 9.17) is 0 Å². The van der Waals surface area contributed by atoms with Crippen LogP contribution in [0.15, 0.2) is 66.2 Å². The van der Waals surface area contributed by atoms with Gasteiger partial charge in [0.15, 0.2) is 5.78 Å². The molecule has 1 amide bonds. The molecule has 3 heterocycles. The van der Waals surface area contributed by atoms with Crippen molar-refractivity contribution in [3.05, 3.63) is 93.4 Å². The first-order valence-electron chi connectivity index (χ1n) is 10.8. The van der Waals surface area contributed by atoms with Crippen LogP contribution in [-0.4, -0.2) is 21.7 Å². The lowest BCUT2D eigenvalue weighted by molar-refractivity contribution is -0.115. The summed E-state index contributed by atoms with van der Waals surface area (Å²) in [6.07, 6.45) is 5.04. The second-order valence-corrected chi connectivity index (χ2v) is 9.04. The van der Waals surface area contributed by atoms with Crippen LogP contribution in [0.4, 0.5) is 5.82 Å². The van der Waals surface area contributed by atoms with Crippen LogP contribution in [0, 0.1) is 0 Å². The molecule has 0 unspecified atom stereocenters. The molecule has 0 atom stereocenters. The monoisotopic (exact) mass is 441 g/mol. The van der Waals surface area contributed by atoms with Crippen LogP contribution in [0.5, 0.6) is 0 Å². The molecule has 1 aliphatic carbocycles. The summed E-state index contributed by atoms with van der Waals surface area (Å²) in [5.74, 6) is 0.620. The van der Waals surface area contributed by atoms with E-state index in [2.05, 4.69) is 27.4 Å². The lowest BCUT2D eigenvalue weighted by Crippen LogP contribution is -2.14. The lowest BCUT2D eigenvalue weighted by atomic mass is 9.90. The number of amides is 1. The number of pyridine rings is 1. The fourth-order valence-electron chi connectivity index (χ4n) is 4.31. The Bertz CT molecular complexity index is 1260. The number of aryl methyl sites for hydroxylation is 1. The SMILES string of the molecule is O=C(Cc1cccs1)Nc1cc(-c2[nH]c3c(c2Cc2ccccc2)C(=O)CCC3)ccn1. The van der Waals surface area contributed by atoms with E-state index in [0.29, 0.717) is 25.1 Å². The van der Waals surface area contributed by atoms with Crippen LogP contribution < -0.4 is 5.32 Å². The zero-order valence-corrected chi connectivity index (χ0v) is 18.4. The average Bonchev–Trinajstić information content (AvgIpc) is 3.43. The van der Waals surface area contributed by atoms with Gasteiger partial charge < -0.3 is 10.3 Å². The number of carbonyl (C=O) groups is 2. The molecule has 0 fully saturated rings. The molecule has 4 aromatic rings. The minimum atomic E-state index is -0.0948. The zero-order valence-electron chi connectivity index (χ0n) is 17.6. The largest absolute Gasteiger partial charge is 0.358 e. The third-order valence-corrected chi connectivity index (χ3v) is 6.62. The molecule has 0 saturated carbocycles. The molecule has 6 heteroatoms. The van der Waals surface area contributed by atoms with Crippen LogP contribution >= 0.6 is 11.3 Å². The predicted molar refractivity (Wildman–Crippen MR) is 127 cm³/mol. The molecule has 1 aromatic carbocycles. The van der Waals surface area contributed by atoms with Crippen LogP contribution in [0.2, 0.25) is 0 Å². The van der Waals surface area contributed by atoms with Gasteiger partial charge in [-0.25, -0.2) is 4.98 Å². The molecule has 32 heavy (non-hydrogen) atoms. The van der Waals surface area contributed by atoms with Crippen molar-refractivity contribution in [1.82, 2.24) is 9.97 Å². The fourth-order valence-corrected chi connectivity index (χ4v) is 5.01. The third-order valence-electron chi connectivity index (χ3n) is 5.75. The Morgan fingerprint density at radius 2 is 1.97 bits per heavy atom. The zero-order chi connectivity index (χ0) is 21.9. The van der Waals surface area contributed by atoms with E-state index in [1.54, 1.807) is 17.5 Å². The lowest BCUT2D eigenvalue weighted by Gasteiger charge is -2.12. The van der Waals surface area contributed by atoms with Gasteiger partial charge in [-0.15, -0.1) is 11.3 Å². The smallest absolute Gasteiger partial charge is 0.230 e. The van der Waals surface area contributed by atoms with E-state index in [-0.39, 0.29) is 11.7 Å². The van der Waals surface area contributed by atoms with Gasteiger partial charge in [-0.1, -0.05) is 36.4 Å². The minimum Gasteiger partial charge on any atom is -0.358 e. The van der Waals surface area contributed by atoms with Gasteiger partial charge in [0.05, 0.1) is 12.1 Å². The number of nitrogens with zero attached hydrogens (tertiary/aromatic N) is 1. The van der Waals surface area contributed by atoms with Crippen molar-refractivity contribution in [3.8, 4) is 11.3 Å². The number of benzene rings is 1. The van der Waals surface area contributed by atoms with Crippen molar-refractivity contribution in [2.45, 2.75) is 32.1 Å². The summed E-state index contributed by atoms with van der Waals surface area (Å²) in [4.78, 5) is 34.1. The predicted octanol–water partition coefficient (Wildman–Crippen LogP) is 5.43. The maximum Gasteiger partial charge on any atom is 0.230 e. The molecule has 0 bridgehead atoms. The standard InChI is InChI=1S/C26H23N3O2S/c30-22-10-4-9-21-25(22)20(14-17-6-2-1-3-7-17)26(28-21)18-11-12-27-23(15-18)29-24(31)16-19-8-5-13-32-19/h1-3,5-8,11-13,15,28H,4,9-10,14,16H2,(H,27,29,31). The number of H-pyrrole nitrogens is 1. The number of ketones is 1. The summed E-state index contributed by atoms with van der Waals surface area (Å²) in [7, 11) is 0. The van der Waals surface area contributed by atoms with E-state index in [9.17, 15) is 9.59 Å². The van der Waals surface area contributed by atoms with Crippen LogP contribution in [0.25, 0.3) is 11.3 Å². The van der Waals surface area contributed by atoms with Gasteiger partial charge in [0.2, 0.25) is 5.91 Å². The molecule has 0 spiro atoms. The normalized spacial score (nSPS) is 13.1. The van der Waals surface area contributed by atoms with E-state index in [0.717, 1.165) is 51.4 Å². The van der Waals surface area contributed by atoms with E-state index < -0.39 is 0 Å². The highest BCUT2D eigenvalue weighted by Crippen LogP contribution is 2.35. The van der Waals surface area contributed by atoms with Gasteiger partial charge in [-0.2, -0.15) is 0 Å². The molecule has 2 N–H and O–H groups in total. The highest BCUT2D eigenvalue weighted by molar-refractivity contribution is 7.10.